The molecule has 0 bridgehead atoms. The van der Waals surface area contributed by atoms with E-state index >= 15 is 0 Å². The van der Waals surface area contributed by atoms with Gasteiger partial charge in [0, 0.05) is 0 Å². The average molecular weight is 133 g/mol. The molecular weight excluding hydrogens is 122 g/mol. The van der Waals surface area contributed by atoms with Gasteiger partial charge < -0.3 is 10.2 Å². The van der Waals surface area contributed by atoms with Gasteiger partial charge >= 0.3 is 5.97 Å². The molecule has 4 nitrogen and oxygen atoms in total. The zero-order valence-corrected chi connectivity index (χ0v) is 5.53. The highest BCUT2D eigenvalue weighted by atomic mass is 16.4. The molecule has 2 N–H and O–H groups in total. The first-order valence-electron chi connectivity index (χ1n) is 2.59. The van der Waals surface area contributed by atoms with E-state index in [-0.39, 0.29) is 6.61 Å². The van der Waals surface area contributed by atoms with Crippen LogP contribution in [-0.4, -0.2) is 47.8 Å². The quantitative estimate of drug-likeness (QED) is 0.518. The monoisotopic (exact) mass is 133 g/mol. The third kappa shape index (κ3) is 2.43. The fourth-order valence-corrected chi connectivity index (χ4v) is 0.462. The maximum atomic E-state index is 10.2. The second-order valence-corrected chi connectivity index (χ2v) is 2.00. The summed E-state index contributed by atoms with van der Waals surface area (Å²) in [7, 11) is 3.21. The Hall–Kier alpha value is -0.610. The Bertz CT molecular complexity index is 102. The van der Waals surface area contributed by atoms with Crippen molar-refractivity contribution in [1.29, 1.82) is 0 Å². The van der Waals surface area contributed by atoms with E-state index in [0.29, 0.717) is 0 Å². The second kappa shape index (κ2) is 3.42. The van der Waals surface area contributed by atoms with Gasteiger partial charge in [0.05, 0.1) is 6.61 Å². The first-order valence-corrected chi connectivity index (χ1v) is 2.59. The summed E-state index contributed by atoms with van der Waals surface area (Å²) in [6, 6.07) is -0.773. The number of hydrogen-bond donors (Lipinski definition) is 2. The van der Waals surface area contributed by atoms with Gasteiger partial charge in [-0.05, 0) is 14.1 Å². The molecule has 0 aromatic rings. The number of likely N-dealkylation sites (N-methyl/N-ethyl adjacent to an activating group) is 1. The Morgan fingerprint density at radius 3 is 2.11 bits per heavy atom. The Kier molecular flexibility index (Phi) is 3.19. The van der Waals surface area contributed by atoms with Crippen molar-refractivity contribution in [3.05, 3.63) is 0 Å². The minimum absolute atomic E-state index is 0.345. The van der Waals surface area contributed by atoms with Gasteiger partial charge in [-0.25, -0.2) is 0 Å². The smallest absolute Gasteiger partial charge is 0.323 e. The Morgan fingerprint density at radius 2 is 2.11 bits per heavy atom. The highest BCUT2D eigenvalue weighted by molar-refractivity contribution is 5.73. The van der Waals surface area contributed by atoms with Crippen molar-refractivity contribution < 1.29 is 15.0 Å². The van der Waals surface area contributed by atoms with Gasteiger partial charge in [-0.3, -0.25) is 9.69 Å². The molecule has 0 fully saturated rings. The van der Waals surface area contributed by atoms with E-state index in [9.17, 15) is 4.79 Å². The van der Waals surface area contributed by atoms with Gasteiger partial charge in [0.2, 0.25) is 0 Å². The average Bonchev–Trinajstić information content (AvgIpc) is 1.64. The van der Waals surface area contributed by atoms with Crippen LogP contribution in [0.3, 0.4) is 0 Å². The summed E-state index contributed by atoms with van der Waals surface area (Å²) >= 11 is 0. The minimum Gasteiger partial charge on any atom is -0.480 e. The number of aliphatic hydroxyl groups excluding tert-OH is 1. The van der Waals surface area contributed by atoms with Crippen LogP contribution in [0.5, 0.6) is 0 Å². The van der Waals surface area contributed by atoms with Crippen molar-refractivity contribution in [2.75, 3.05) is 20.7 Å². The lowest BCUT2D eigenvalue weighted by Crippen LogP contribution is -2.38. The summed E-state index contributed by atoms with van der Waals surface area (Å²) in [4.78, 5) is 11.6. The summed E-state index contributed by atoms with van der Waals surface area (Å²) in [6.45, 7) is -0.345. The van der Waals surface area contributed by atoms with E-state index in [0.717, 1.165) is 0 Å². The fraction of sp³-hybridized carbons (Fsp3) is 0.800. The van der Waals surface area contributed by atoms with Gasteiger partial charge in [0.15, 0.2) is 0 Å². The van der Waals surface area contributed by atoms with E-state index in [1.807, 2.05) is 0 Å². The van der Waals surface area contributed by atoms with Crippen LogP contribution in [-0.2, 0) is 4.79 Å². The minimum atomic E-state index is -0.998. The summed E-state index contributed by atoms with van der Waals surface area (Å²) in [5.74, 6) is -0.998. The van der Waals surface area contributed by atoms with E-state index in [2.05, 4.69) is 0 Å². The SMILES string of the molecule is CN(C)[C@@H](CO)C(=O)O. The van der Waals surface area contributed by atoms with Crippen LogP contribution in [0.2, 0.25) is 0 Å². The topological polar surface area (TPSA) is 60.8 Å². The molecule has 0 radical (unpaired) electrons. The lowest BCUT2D eigenvalue weighted by molar-refractivity contribution is -0.143. The highest BCUT2D eigenvalue weighted by Gasteiger charge is 2.17. The van der Waals surface area contributed by atoms with E-state index in [1.165, 1.54) is 4.90 Å². The number of rotatable bonds is 3. The first kappa shape index (κ1) is 8.39. The van der Waals surface area contributed by atoms with Crippen LogP contribution in [0.25, 0.3) is 0 Å². The van der Waals surface area contributed by atoms with Gasteiger partial charge in [0.25, 0.3) is 0 Å². The molecule has 0 rings (SSSR count). The number of nitrogens with zero attached hydrogens (tertiary/aromatic N) is 1. The van der Waals surface area contributed by atoms with Crippen LogP contribution in [0.1, 0.15) is 0 Å². The molecule has 54 valence electrons. The number of hydrogen-bond acceptors (Lipinski definition) is 3. The highest BCUT2D eigenvalue weighted by Crippen LogP contribution is 1.89. The lowest BCUT2D eigenvalue weighted by Gasteiger charge is -2.16. The molecule has 0 aromatic heterocycles. The predicted octanol–water partition coefficient (Wildman–Crippen LogP) is -1.01. The molecular formula is C5H11NO3. The summed E-state index contributed by atoms with van der Waals surface area (Å²) < 4.78 is 0. The lowest BCUT2D eigenvalue weighted by atomic mass is 10.3. The molecule has 4 heteroatoms. The molecule has 0 saturated heterocycles. The molecule has 0 amide bonds. The largest absolute Gasteiger partial charge is 0.480 e. The summed E-state index contributed by atoms with van der Waals surface area (Å²) in [5, 5.41) is 16.8. The van der Waals surface area contributed by atoms with Gasteiger partial charge in [-0.2, -0.15) is 0 Å². The van der Waals surface area contributed by atoms with Gasteiger partial charge in [0.1, 0.15) is 6.04 Å². The van der Waals surface area contributed by atoms with Crippen molar-refractivity contribution in [3.63, 3.8) is 0 Å². The molecule has 0 aliphatic rings. The molecule has 0 aliphatic heterocycles. The third-order valence-electron chi connectivity index (χ3n) is 1.08. The maximum absolute atomic E-state index is 10.2. The van der Waals surface area contributed by atoms with Crippen LogP contribution in [0, 0.1) is 0 Å². The molecule has 0 saturated carbocycles. The van der Waals surface area contributed by atoms with E-state index in [1.54, 1.807) is 14.1 Å². The Morgan fingerprint density at radius 1 is 1.67 bits per heavy atom. The van der Waals surface area contributed by atoms with Crippen LogP contribution >= 0.6 is 0 Å². The fourth-order valence-electron chi connectivity index (χ4n) is 0.462. The number of aliphatic hydroxyl groups is 1. The van der Waals surface area contributed by atoms with Crippen LogP contribution in [0.4, 0.5) is 0 Å². The maximum Gasteiger partial charge on any atom is 0.323 e. The molecule has 0 aromatic carbocycles. The Balaban J connectivity index is 3.83. The van der Waals surface area contributed by atoms with Crippen molar-refractivity contribution in [2.45, 2.75) is 6.04 Å². The van der Waals surface area contributed by atoms with Crippen LogP contribution < -0.4 is 0 Å². The van der Waals surface area contributed by atoms with E-state index < -0.39 is 12.0 Å². The number of carboxylic acid groups (broad SMARTS) is 1. The zero-order chi connectivity index (χ0) is 7.44. The predicted molar refractivity (Wildman–Crippen MR) is 32.2 cm³/mol. The summed E-state index contributed by atoms with van der Waals surface area (Å²) in [6.07, 6.45) is 0. The standard InChI is InChI=1S/C5H11NO3/c1-6(2)4(3-7)5(8)9/h4,7H,3H2,1-2H3,(H,8,9)/t4-/m0/s1. The number of aliphatic carboxylic acids is 1. The van der Waals surface area contributed by atoms with Crippen molar-refractivity contribution in [2.24, 2.45) is 0 Å². The van der Waals surface area contributed by atoms with E-state index in [4.69, 9.17) is 10.2 Å². The Labute approximate surface area is 53.7 Å². The van der Waals surface area contributed by atoms with Crippen molar-refractivity contribution in [1.82, 2.24) is 4.90 Å². The molecule has 0 aliphatic carbocycles. The number of carboxylic acids is 1. The van der Waals surface area contributed by atoms with Gasteiger partial charge in [-0.15, -0.1) is 0 Å². The van der Waals surface area contributed by atoms with Crippen LogP contribution in [0.15, 0.2) is 0 Å². The molecule has 0 heterocycles. The normalized spacial score (nSPS) is 13.8. The van der Waals surface area contributed by atoms with Crippen molar-refractivity contribution in [3.8, 4) is 0 Å². The third-order valence-corrected chi connectivity index (χ3v) is 1.08. The summed E-state index contributed by atoms with van der Waals surface area (Å²) in [5.41, 5.74) is 0. The first-order chi connectivity index (χ1) is 4.09. The van der Waals surface area contributed by atoms with Gasteiger partial charge in [-0.1, -0.05) is 0 Å². The zero-order valence-electron chi connectivity index (χ0n) is 5.53. The molecule has 0 spiro atoms. The van der Waals surface area contributed by atoms with Crippen molar-refractivity contribution >= 4 is 5.97 Å². The molecule has 9 heavy (non-hydrogen) atoms. The molecule has 0 unspecified atom stereocenters. The molecule has 1 atom stereocenters. The number of carbonyl (C=O) groups is 1. The second-order valence-electron chi connectivity index (χ2n) is 2.00.